The normalized spacial score (nSPS) is 16.0. The minimum Gasteiger partial charge on any atom is -0.422 e. The maximum Gasteiger partial charge on any atom is 0.343 e. The smallest absolute Gasteiger partial charge is 0.343 e. The Balaban J connectivity index is 1.90. The first kappa shape index (κ1) is 17.3. The zero-order valence-electron chi connectivity index (χ0n) is 15.5. The molecule has 138 valence electrons. The lowest BCUT2D eigenvalue weighted by atomic mass is 9.90. The van der Waals surface area contributed by atoms with Gasteiger partial charge in [-0.3, -0.25) is 4.79 Å². The van der Waals surface area contributed by atoms with Crippen LogP contribution in [-0.2, 0) is 17.6 Å². The van der Waals surface area contributed by atoms with Crippen LogP contribution >= 0.6 is 0 Å². The van der Waals surface area contributed by atoms with Gasteiger partial charge in [-0.05, 0) is 49.5 Å². The van der Waals surface area contributed by atoms with Crippen LogP contribution in [-0.4, -0.2) is 38.0 Å². The molecule has 6 heteroatoms. The zero-order chi connectivity index (χ0) is 19.1. The number of carbonyl (C=O) groups excluding carboxylic acids is 1. The number of hydrogen-bond donors (Lipinski definition) is 0. The average molecular weight is 363 g/mol. The quantitative estimate of drug-likeness (QED) is 0.465. The number of hydrogen-bond acceptors (Lipinski definition) is 5. The molecule has 0 saturated heterocycles. The van der Waals surface area contributed by atoms with Crippen molar-refractivity contribution in [2.45, 2.75) is 25.7 Å². The van der Waals surface area contributed by atoms with Crippen molar-refractivity contribution in [3.05, 3.63) is 44.8 Å². The molecule has 2 aliphatic heterocycles. The zero-order valence-corrected chi connectivity index (χ0v) is 15.5. The molecule has 0 aliphatic carbocycles. The molecule has 0 radical (unpaired) electrons. The van der Waals surface area contributed by atoms with Crippen molar-refractivity contribution >= 4 is 28.6 Å². The van der Waals surface area contributed by atoms with Crippen LogP contribution in [0.2, 0.25) is 0 Å². The Morgan fingerprint density at radius 3 is 2.70 bits per heavy atom. The third kappa shape index (κ3) is 2.89. The fraction of sp³-hybridized carbons (Fsp3) is 0.381. The summed E-state index contributed by atoms with van der Waals surface area (Å²) in [6.07, 6.45) is 5.41. The van der Waals surface area contributed by atoms with Crippen LogP contribution in [0.25, 0.3) is 17.0 Å². The minimum atomic E-state index is -0.522. The lowest BCUT2D eigenvalue weighted by Crippen LogP contribution is -2.34. The summed E-state index contributed by atoms with van der Waals surface area (Å²) in [6, 6.07) is 5.71. The summed E-state index contributed by atoms with van der Waals surface area (Å²) in [4.78, 5) is 28.3. The van der Waals surface area contributed by atoms with Gasteiger partial charge in [0.25, 0.3) is 5.91 Å². The SMILES string of the molecule is CN(C)C(=O)C(C#N)=Cc1cc2cc3c4c(c2oc1=O)CCCN4CCC3. The number of rotatable bonds is 2. The summed E-state index contributed by atoms with van der Waals surface area (Å²) < 4.78 is 5.69. The summed E-state index contributed by atoms with van der Waals surface area (Å²) in [5.41, 5.74) is 3.91. The highest BCUT2D eigenvalue weighted by Gasteiger charge is 2.27. The minimum absolute atomic E-state index is 0.0860. The van der Waals surface area contributed by atoms with Gasteiger partial charge >= 0.3 is 5.63 Å². The second-order valence-corrected chi connectivity index (χ2v) is 7.33. The highest BCUT2D eigenvalue weighted by atomic mass is 16.4. The first-order chi connectivity index (χ1) is 13.0. The van der Waals surface area contributed by atoms with Gasteiger partial charge in [0.1, 0.15) is 17.2 Å². The van der Waals surface area contributed by atoms with Crippen LogP contribution in [0.1, 0.15) is 29.5 Å². The van der Waals surface area contributed by atoms with Crippen molar-refractivity contribution in [3.8, 4) is 6.07 Å². The summed E-state index contributed by atoms with van der Waals surface area (Å²) in [6.45, 7) is 2.10. The fourth-order valence-corrected chi connectivity index (χ4v) is 4.10. The van der Waals surface area contributed by atoms with Gasteiger partial charge in [-0.2, -0.15) is 5.26 Å². The van der Waals surface area contributed by atoms with Crippen LogP contribution in [0.15, 0.2) is 26.9 Å². The average Bonchev–Trinajstić information content (AvgIpc) is 2.67. The summed E-state index contributed by atoms with van der Waals surface area (Å²) in [7, 11) is 3.14. The molecule has 3 heterocycles. The molecule has 0 N–H and O–H groups in total. The number of amides is 1. The number of anilines is 1. The van der Waals surface area contributed by atoms with Crippen molar-refractivity contribution in [1.82, 2.24) is 4.90 Å². The van der Waals surface area contributed by atoms with Gasteiger partial charge in [0.2, 0.25) is 0 Å². The molecule has 2 aliphatic rings. The topological polar surface area (TPSA) is 77.5 Å². The molecule has 0 spiro atoms. The lowest BCUT2D eigenvalue weighted by Gasteiger charge is -2.37. The Morgan fingerprint density at radius 1 is 1.26 bits per heavy atom. The molecule has 1 aromatic heterocycles. The third-order valence-corrected chi connectivity index (χ3v) is 5.30. The predicted octanol–water partition coefficient (Wildman–Crippen LogP) is 2.49. The molecule has 27 heavy (non-hydrogen) atoms. The van der Waals surface area contributed by atoms with E-state index in [0.29, 0.717) is 5.58 Å². The molecule has 0 unspecified atom stereocenters. The van der Waals surface area contributed by atoms with Crippen molar-refractivity contribution in [2.24, 2.45) is 0 Å². The Morgan fingerprint density at radius 2 is 2.00 bits per heavy atom. The molecule has 0 saturated carbocycles. The van der Waals surface area contributed by atoms with Gasteiger partial charge < -0.3 is 14.2 Å². The molecule has 0 fully saturated rings. The van der Waals surface area contributed by atoms with Crippen molar-refractivity contribution in [3.63, 3.8) is 0 Å². The van der Waals surface area contributed by atoms with E-state index in [2.05, 4.69) is 11.0 Å². The van der Waals surface area contributed by atoms with E-state index in [1.807, 2.05) is 6.07 Å². The third-order valence-electron chi connectivity index (χ3n) is 5.30. The van der Waals surface area contributed by atoms with E-state index in [-0.39, 0.29) is 11.1 Å². The summed E-state index contributed by atoms with van der Waals surface area (Å²) in [5, 5.41) is 10.1. The van der Waals surface area contributed by atoms with Gasteiger partial charge in [-0.25, -0.2) is 4.79 Å². The van der Waals surface area contributed by atoms with Crippen LogP contribution in [0, 0.1) is 11.3 Å². The molecule has 0 atom stereocenters. The van der Waals surface area contributed by atoms with Crippen molar-refractivity contribution < 1.29 is 9.21 Å². The maximum absolute atomic E-state index is 12.6. The van der Waals surface area contributed by atoms with Gasteiger partial charge in [0, 0.05) is 43.8 Å². The second kappa shape index (κ2) is 6.58. The van der Waals surface area contributed by atoms with Crippen LogP contribution in [0.4, 0.5) is 5.69 Å². The number of aryl methyl sites for hydroxylation is 2. The first-order valence-corrected chi connectivity index (χ1v) is 9.20. The molecular weight excluding hydrogens is 342 g/mol. The van der Waals surface area contributed by atoms with E-state index < -0.39 is 11.5 Å². The summed E-state index contributed by atoms with van der Waals surface area (Å²) >= 11 is 0. The fourth-order valence-electron chi connectivity index (χ4n) is 4.10. The molecule has 0 bridgehead atoms. The van der Waals surface area contributed by atoms with Gasteiger partial charge in [0.05, 0.1) is 5.56 Å². The van der Waals surface area contributed by atoms with Crippen molar-refractivity contribution in [1.29, 1.82) is 5.26 Å². The van der Waals surface area contributed by atoms with E-state index in [9.17, 15) is 14.9 Å². The van der Waals surface area contributed by atoms with E-state index in [4.69, 9.17) is 4.42 Å². The number of benzene rings is 1. The molecule has 4 rings (SSSR count). The Labute approximate surface area is 157 Å². The number of fused-ring (bicyclic) bond motifs is 2. The van der Waals surface area contributed by atoms with Crippen molar-refractivity contribution in [2.75, 3.05) is 32.1 Å². The van der Waals surface area contributed by atoms with Gasteiger partial charge in [-0.15, -0.1) is 0 Å². The second-order valence-electron chi connectivity index (χ2n) is 7.33. The maximum atomic E-state index is 12.6. The van der Waals surface area contributed by atoms with E-state index >= 15 is 0 Å². The van der Waals surface area contributed by atoms with Crippen LogP contribution in [0.3, 0.4) is 0 Å². The van der Waals surface area contributed by atoms with E-state index in [0.717, 1.165) is 49.7 Å². The molecule has 1 amide bonds. The summed E-state index contributed by atoms with van der Waals surface area (Å²) in [5.74, 6) is -0.437. The Hall–Kier alpha value is -3.07. The molecule has 2 aromatic rings. The largest absolute Gasteiger partial charge is 0.422 e. The predicted molar refractivity (Wildman–Crippen MR) is 104 cm³/mol. The van der Waals surface area contributed by atoms with Crippen LogP contribution < -0.4 is 10.5 Å². The van der Waals surface area contributed by atoms with E-state index in [1.165, 1.54) is 22.2 Å². The van der Waals surface area contributed by atoms with Crippen LogP contribution in [0.5, 0.6) is 0 Å². The Kier molecular flexibility index (Phi) is 4.23. The number of nitrogens with zero attached hydrogens (tertiary/aromatic N) is 3. The highest BCUT2D eigenvalue weighted by molar-refractivity contribution is 6.01. The molecule has 6 nitrogen and oxygen atoms in total. The number of likely N-dealkylation sites (N-methyl/N-ethyl adjacent to an activating group) is 1. The van der Waals surface area contributed by atoms with Gasteiger partial charge in [-0.1, -0.05) is 0 Å². The number of nitriles is 1. The molecule has 1 aromatic carbocycles. The highest BCUT2D eigenvalue weighted by Crippen LogP contribution is 2.39. The first-order valence-electron chi connectivity index (χ1n) is 9.20. The monoisotopic (exact) mass is 363 g/mol. The number of carbonyl (C=O) groups is 1. The lowest BCUT2D eigenvalue weighted by molar-refractivity contribution is -0.124. The Bertz CT molecular complexity index is 1070. The molecular formula is C21H21N3O3. The standard InChI is InChI=1S/C21H21N3O3/c1-23(2)20(25)16(12-22)11-15-10-14-9-13-5-3-7-24-8-4-6-17(18(13)24)19(14)27-21(15)26/h9-11H,3-8H2,1-2H3. The van der Waals surface area contributed by atoms with E-state index in [1.54, 1.807) is 20.2 Å². The van der Waals surface area contributed by atoms with Gasteiger partial charge in [0.15, 0.2) is 0 Å².